The number of hydrogen-bond donors (Lipinski definition) is 2. The van der Waals surface area contributed by atoms with Crippen LogP contribution in [0.1, 0.15) is 6.42 Å². The number of ether oxygens (including phenoxy) is 2. The van der Waals surface area contributed by atoms with Crippen molar-refractivity contribution in [2.45, 2.75) is 6.42 Å². The molecule has 158 valence electrons. The summed E-state index contributed by atoms with van der Waals surface area (Å²) in [4.78, 5) is 6.77. The monoisotopic (exact) mass is 574 g/mol. The number of guanidine groups is 1. The van der Waals surface area contributed by atoms with Crippen LogP contribution in [0.25, 0.3) is 0 Å². The predicted molar refractivity (Wildman–Crippen MR) is 134 cm³/mol. The number of nitrogens with zero attached hydrogens (tertiary/aromatic N) is 2. The number of aliphatic imine (C=N–C) groups is 1. The van der Waals surface area contributed by atoms with E-state index in [1.54, 1.807) is 21.3 Å². The molecule has 1 aliphatic rings. The molecule has 3 rings (SSSR count). The molecule has 1 saturated heterocycles. The van der Waals surface area contributed by atoms with Crippen LogP contribution in [0.2, 0.25) is 0 Å². The van der Waals surface area contributed by atoms with Gasteiger partial charge in [-0.3, -0.25) is 4.99 Å². The number of rotatable bonds is 6. The van der Waals surface area contributed by atoms with Gasteiger partial charge in [0.15, 0.2) is 17.5 Å². The van der Waals surface area contributed by atoms with E-state index in [0.29, 0.717) is 17.4 Å². The molecule has 2 aromatic carbocycles. The van der Waals surface area contributed by atoms with Crippen molar-refractivity contribution in [1.29, 1.82) is 0 Å². The lowest BCUT2D eigenvalue weighted by atomic mass is 10.1. The molecule has 1 aliphatic heterocycles. The Bertz CT molecular complexity index is 834. The Morgan fingerprint density at radius 3 is 2.66 bits per heavy atom. The Hall–Kier alpha value is -1.68. The zero-order chi connectivity index (χ0) is 19.9. The molecule has 1 unspecified atom stereocenters. The van der Waals surface area contributed by atoms with E-state index in [4.69, 9.17) is 9.47 Å². The molecule has 0 radical (unpaired) electrons. The van der Waals surface area contributed by atoms with Gasteiger partial charge in [-0.1, -0.05) is 22.0 Å². The average Bonchev–Trinajstić information content (AvgIpc) is 3.20. The molecule has 8 heteroatoms. The molecule has 0 aromatic heterocycles. The Labute approximate surface area is 198 Å². The second-order valence-corrected chi connectivity index (χ2v) is 7.64. The van der Waals surface area contributed by atoms with Crippen molar-refractivity contribution in [3.8, 4) is 11.5 Å². The Balaban J connectivity index is 0.00000300. The van der Waals surface area contributed by atoms with Gasteiger partial charge in [0, 0.05) is 48.6 Å². The van der Waals surface area contributed by atoms with E-state index in [-0.39, 0.29) is 24.0 Å². The van der Waals surface area contributed by atoms with Gasteiger partial charge in [-0.25, -0.2) is 0 Å². The number of hydrogen-bond acceptors (Lipinski definition) is 4. The van der Waals surface area contributed by atoms with Crippen LogP contribution in [0.15, 0.2) is 51.9 Å². The van der Waals surface area contributed by atoms with Gasteiger partial charge in [0.25, 0.3) is 0 Å². The van der Waals surface area contributed by atoms with Gasteiger partial charge in [-0.2, -0.15) is 0 Å². The summed E-state index contributed by atoms with van der Waals surface area (Å²) < 4.78 is 11.8. The van der Waals surface area contributed by atoms with E-state index >= 15 is 0 Å². The maximum Gasteiger partial charge on any atom is 0.195 e. The summed E-state index contributed by atoms with van der Waals surface area (Å²) in [5, 5.41) is 6.75. The number of nitrogens with one attached hydrogen (secondary N) is 2. The lowest BCUT2D eigenvalue weighted by Gasteiger charge is -2.20. The first-order valence-electron chi connectivity index (χ1n) is 9.33. The van der Waals surface area contributed by atoms with Crippen molar-refractivity contribution < 1.29 is 9.47 Å². The normalized spacial score (nSPS) is 16.2. The molecule has 29 heavy (non-hydrogen) atoms. The fourth-order valence-electron chi connectivity index (χ4n) is 3.38. The molecule has 0 amide bonds. The lowest BCUT2D eigenvalue weighted by molar-refractivity contribution is 0.355. The molecule has 2 aromatic rings. The summed E-state index contributed by atoms with van der Waals surface area (Å²) in [6.45, 7) is 2.98. The highest BCUT2D eigenvalue weighted by Gasteiger charge is 2.23. The average molecular weight is 575 g/mol. The second kappa shape index (κ2) is 11.5. The number of benzene rings is 2. The highest BCUT2D eigenvalue weighted by molar-refractivity contribution is 14.0. The van der Waals surface area contributed by atoms with Crippen LogP contribution in [0.4, 0.5) is 11.4 Å². The zero-order valence-electron chi connectivity index (χ0n) is 16.9. The van der Waals surface area contributed by atoms with Gasteiger partial charge in [0.1, 0.15) is 0 Å². The molecule has 1 atom stereocenters. The first-order valence-corrected chi connectivity index (χ1v) is 10.1. The SMILES string of the molecule is CN=C(NCC1CCN(c2cccc(Br)c2)C1)Nc1ccc(OC)c(OC)c1.I. The first-order chi connectivity index (χ1) is 13.6. The van der Waals surface area contributed by atoms with E-state index in [0.717, 1.165) is 42.2 Å². The number of halogens is 2. The predicted octanol–water partition coefficient (Wildman–Crippen LogP) is 4.60. The topological polar surface area (TPSA) is 58.1 Å². The minimum Gasteiger partial charge on any atom is -0.493 e. The van der Waals surface area contributed by atoms with Gasteiger partial charge < -0.3 is 25.0 Å². The van der Waals surface area contributed by atoms with Crippen LogP contribution < -0.4 is 25.0 Å². The van der Waals surface area contributed by atoms with Crippen LogP contribution in [-0.2, 0) is 0 Å². The Morgan fingerprint density at radius 2 is 1.97 bits per heavy atom. The van der Waals surface area contributed by atoms with Gasteiger partial charge in [-0.15, -0.1) is 24.0 Å². The maximum atomic E-state index is 5.36. The number of methoxy groups -OCH3 is 2. The molecular formula is C21H28BrIN4O2. The van der Waals surface area contributed by atoms with Gasteiger partial charge in [0.05, 0.1) is 14.2 Å². The van der Waals surface area contributed by atoms with Crippen LogP contribution in [0, 0.1) is 5.92 Å². The number of anilines is 2. The molecule has 0 saturated carbocycles. The largest absolute Gasteiger partial charge is 0.493 e. The zero-order valence-corrected chi connectivity index (χ0v) is 20.9. The summed E-state index contributed by atoms with van der Waals surface area (Å²) in [5.41, 5.74) is 2.16. The molecule has 0 spiro atoms. The highest BCUT2D eigenvalue weighted by atomic mass is 127. The Morgan fingerprint density at radius 1 is 1.17 bits per heavy atom. The standard InChI is InChI=1S/C21H27BrN4O2.HI/c1-23-21(25-17-7-8-19(27-2)20(12-17)28-3)24-13-15-9-10-26(14-15)18-6-4-5-16(22)11-18;/h4-8,11-12,15H,9-10,13-14H2,1-3H3,(H2,23,24,25);1H. The van der Waals surface area contributed by atoms with Crippen molar-refractivity contribution in [2.75, 3.05) is 51.1 Å². The summed E-state index contributed by atoms with van der Waals surface area (Å²) >= 11 is 3.55. The first kappa shape index (κ1) is 23.6. The quantitative estimate of drug-likeness (QED) is 0.300. The molecule has 0 aliphatic carbocycles. The summed E-state index contributed by atoms with van der Waals surface area (Å²) in [7, 11) is 5.04. The highest BCUT2D eigenvalue weighted by Crippen LogP contribution is 2.30. The fourth-order valence-corrected chi connectivity index (χ4v) is 3.76. The van der Waals surface area contributed by atoms with Crippen LogP contribution >= 0.6 is 39.9 Å². The van der Waals surface area contributed by atoms with Crippen LogP contribution in [-0.4, -0.2) is 46.9 Å². The second-order valence-electron chi connectivity index (χ2n) is 6.73. The molecule has 6 nitrogen and oxygen atoms in total. The van der Waals surface area contributed by atoms with E-state index in [1.165, 1.54) is 5.69 Å². The van der Waals surface area contributed by atoms with Gasteiger partial charge >= 0.3 is 0 Å². The molecule has 1 heterocycles. The molecular weight excluding hydrogens is 547 g/mol. The van der Waals surface area contributed by atoms with Crippen LogP contribution in [0.5, 0.6) is 11.5 Å². The maximum absolute atomic E-state index is 5.36. The smallest absolute Gasteiger partial charge is 0.195 e. The van der Waals surface area contributed by atoms with Crippen molar-refractivity contribution in [3.05, 3.63) is 46.9 Å². The van der Waals surface area contributed by atoms with Crippen molar-refractivity contribution in [1.82, 2.24) is 5.32 Å². The third-order valence-corrected chi connectivity index (χ3v) is 5.38. The van der Waals surface area contributed by atoms with Crippen molar-refractivity contribution in [3.63, 3.8) is 0 Å². The summed E-state index contributed by atoms with van der Waals surface area (Å²) in [6.07, 6.45) is 1.16. The minimum absolute atomic E-state index is 0. The van der Waals surface area contributed by atoms with Gasteiger partial charge in [-0.05, 0) is 42.7 Å². The third kappa shape index (κ3) is 6.40. The summed E-state index contributed by atoms with van der Waals surface area (Å²) in [6, 6.07) is 14.2. The summed E-state index contributed by atoms with van der Waals surface area (Å²) in [5.74, 6) is 2.70. The lowest BCUT2D eigenvalue weighted by Crippen LogP contribution is -2.35. The molecule has 1 fully saturated rings. The van der Waals surface area contributed by atoms with Gasteiger partial charge in [0.2, 0.25) is 0 Å². The van der Waals surface area contributed by atoms with E-state index < -0.39 is 0 Å². The third-order valence-electron chi connectivity index (χ3n) is 4.89. The molecule has 2 N–H and O–H groups in total. The van der Waals surface area contributed by atoms with E-state index in [1.807, 2.05) is 18.2 Å². The minimum atomic E-state index is 0. The van der Waals surface area contributed by atoms with E-state index in [2.05, 4.69) is 60.7 Å². The van der Waals surface area contributed by atoms with Crippen LogP contribution in [0.3, 0.4) is 0 Å². The van der Waals surface area contributed by atoms with Crippen molar-refractivity contribution >= 4 is 57.2 Å². The van der Waals surface area contributed by atoms with Crippen molar-refractivity contribution in [2.24, 2.45) is 10.9 Å². The Kier molecular flexibility index (Phi) is 9.35. The fraction of sp³-hybridized carbons (Fsp3) is 0.381. The van der Waals surface area contributed by atoms with E-state index in [9.17, 15) is 0 Å². The molecule has 0 bridgehead atoms.